The first-order valence-corrected chi connectivity index (χ1v) is 13.3. The maximum absolute atomic E-state index is 14.1. The topological polar surface area (TPSA) is 85.5 Å². The van der Waals surface area contributed by atoms with E-state index >= 15 is 0 Å². The van der Waals surface area contributed by atoms with Gasteiger partial charge in [0, 0.05) is 23.5 Å². The molecule has 2 N–H and O–H groups in total. The summed E-state index contributed by atoms with van der Waals surface area (Å²) >= 11 is 0. The number of hydrogen-bond donors (Lipinski definition) is 2. The summed E-state index contributed by atoms with van der Waals surface area (Å²) in [7, 11) is 0. The fourth-order valence-electron chi connectivity index (χ4n) is 5.91. The van der Waals surface area contributed by atoms with Crippen molar-refractivity contribution in [2.45, 2.75) is 71.0 Å². The molecule has 7 heteroatoms. The summed E-state index contributed by atoms with van der Waals surface area (Å²) in [4.78, 5) is 47.7. The second-order valence-corrected chi connectivity index (χ2v) is 11.0. The Bertz CT molecular complexity index is 1330. The number of fused-ring (bicyclic) bond motifs is 5. The number of H-pyrrole nitrogens is 1. The summed E-state index contributed by atoms with van der Waals surface area (Å²) in [5.41, 5.74) is 2.86. The predicted molar refractivity (Wildman–Crippen MR) is 144 cm³/mol. The van der Waals surface area contributed by atoms with Crippen molar-refractivity contribution in [3.8, 4) is 0 Å². The summed E-state index contributed by atoms with van der Waals surface area (Å²) in [5, 5.41) is 4.18. The molecule has 3 aromatic rings. The molecule has 0 saturated carbocycles. The molecule has 4 amide bonds. The molecular weight excluding hydrogens is 464 g/mol. The van der Waals surface area contributed by atoms with Crippen molar-refractivity contribution in [3.05, 3.63) is 71.4 Å². The molecular formula is C30H36N4O3. The number of nitrogens with one attached hydrogen (secondary N) is 2. The standard InChI is InChI=1S/C30H36N4O3/c1-19(2)18-25(27(35)31-20(3)14-15-21-10-6-5-7-11-21)34-28(36)30(4)26-23(16-17-33(30)29(34)37)22-12-8-9-13-24(22)32-26/h5-13,19-20,25,32H,14-18H2,1-4H3,(H,31,35)/t20-,25-,30-/m0/s1. The molecule has 5 rings (SSSR count). The van der Waals surface area contributed by atoms with Crippen molar-refractivity contribution in [3.63, 3.8) is 0 Å². The van der Waals surface area contributed by atoms with E-state index in [1.54, 1.807) is 4.90 Å². The zero-order valence-corrected chi connectivity index (χ0v) is 22.1. The number of aryl methyl sites for hydroxylation is 1. The van der Waals surface area contributed by atoms with Gasteiger partial charge in [-0.3, -0.25) is 9.59 Å². The Hall–Kier alpha value is -3.61. The van der Waals surface area contributed by atoms with Crippen LogP contribution in [0.5, 0.6) is 0 Å². The normalized spacial score (nSPS) is 20.8. The van der Waals surface area contributed by atoms with Gasteiger partial charge in [-0.1, -0.05) is 62.4 Å². The molecule has 7 nitrogen and oxygen atoms in total. The van der Waals surface area contributed by atoms with Crippen LogP contribution in [0.4, 0.5) is 4.79 Å². The van der Waals surface area contributed by atoms with Gasteiger partial charge in [0.25, 0.3) is 5.91 Å². The van der Waals surface area contributed by atoms with E-state index in [1.807, 2.05) is 64.1 Å². The molecule has 0 spiro atoms. The molecule has 1 fully saturated rings. The molecule has 3 atom stereocenters. The highest BCUT2D eigenvalue weighted by atomic mass is 16.2. The Kier molecular flexibility index (Phi) is 6.56. The van der Waals surface area contributed by atoms with Crippen LogP contribution in [0.15, 0.2) is 54.6 Å². The van der Waals surface area contributed by atoms with Crippen LogP contribution in [0.2, 0.25) is 0 Å². The third-order valence-electron chi connectivity index (χ3n) is 7.90. The number of hydrogen-bond acceptors (Lipinski definition) is 3. The zero-order valence-electron chi connectivity index (χ0n) is 22.1. The minimum Gasteiger partial charge on any atom is -0.356 e. The second kappa shape index (κ2) is 9.69. The van der Waals surface area contributed by atoms with Crippen LogP contribution in [0.25, 0.3) is 10.9 Å². The van der Waals surface area contributed by atoms with Crippen LogP contribution < -0.4 is 5.32 Å². The first kappa shape index (κ1) is 25.1. The molecule has 0 aliphatic carbocycles. The average Bonchev–Trinajstić information content (AvgIpc) is 3.35. The molecule has 0 radical (unpaired) electrons. The Balaban J connectivity index is 1.40. The number of benzene rings is 2. The molecule has 194 valence electrons. The quantitative estimate of drug-likeness (QED) is 0.438. The number of amides is 4. The number of carbonyl (C=O) groups excluding carboxylic acids is 3. The monoisotopic (exact) mass is 500 g/mol. The lowest BCUT2D eigenvalue weighted by atomic mass is 9.86. The molecule has 1 saturated heterocycles. The fraction of sp³-hybridized carbons (Fsp3) is 0.433. The zero-order chi connectivity index (χ0) is 26.3. The van der Waals surface area contributed by atoms with Crippen LogP contribution in [-0.2, 0) is 28.0 Å². The van der Waals surface area contributed by atoms with Crippen molar-refractivity contribution in [2.75, 3.05) is 6.54 Å². The minimum atomic E-state index is -1.15. The summed E-state index contributed by atoms with van der Waals surface area (Å²) in [5.74, 6) is -0.468. The highest BCUT2D eigenvalue weighted by Crippen LogP contribution is 2.45. The van der Waals surface area contributed by atoms with E-state index in [1.165, 1.54) is 10.5 Å². The van der Waals surface area contributed by atoms with Crippen molar-refractivity contribution in [1.29, 1.82) is 0 Å². The molecule has 0 unspecified atom stereocenters. The first-order chi connectivity index (χ1) is 17.7. The average molecular weight is 501 g/mol. The highest BCUT2D eigenvalue weighted by molar-refractivity contribution is 6.11. The highest BCUT2D eigenvalue weighted by Gasteiger charge is 2.60. The van der Waals surface area contributed by atoms with Crippen LogP contribution >= 0.6 is 0 Å². The third kappa shape index (κ3) is 4.30. The first-order valence-electron chi connectivity index (χ1n) is 13.3. The summed E-state index contributed by atoms with van der Waals surface area (Å²) in [6.07, 6.45) is 2.69. The molecule has 0 bridgehead atoms. The number of urea groups is 1. The number of aromatic amines is 1. The summed E-state index contributed by atoms with van der Waals surface area (Å²) in [6.45, 7) is 8.25. The maximum Gasteiger partial charge on any atom is 0.328 e. The number of rotatable bonds is 8. The molecule has 1 aromatic heterocycles. The summed E-state index contributed by atoms with van der Waals surface area (Å²) in [6, 6.07) is 16.8. The number of para-hydroxylation sites is 1. The molecule has 2 aliphatic heterocycles. The number of nitrogens with zero attached hydrogens (tertiary/aromatic N) is 2. The van der Waals surface area contributed by atoms with Crippen LogP contribution in [-0.4, -0.2) is 51.3 Å². The van der Waals surface area contributed by atoms with Gasteiger partial charge in [-0.2, -0.15) is 0 Å². The van der Waals surface area contributed by atoms with E-state index in [-0.39, 0.29) is 29.8 Å². The van der Waals surface area contributed by atoms with E-state index in [0.29, 0.717) is 19.4 Å². The fourth-order valence-corrected chi connectivity index (χ4v) is 5.91. The van der Waals surface area contributed by atoms with Gasteiger partial charge in [0.15, 0.2) is 5.54 Å². The third-order valence-corrected chi connectivity index (χ3v) is 7.90. The Morgan fingerprint density at radius 2 is 1.76 bits per heavy atom. The maximum atomic E-state index is 14.1. The number of imide groups is 1. The SMILES string of the molecule is CC(C)C[C@@H](C(=O)N[C@@H](C)CCc1ccccc1)N1C(=O)N2CCc3c([nH]c4ccccc34)[C@@]2(C)C1=O. The van der Waals surface area contributed by atoms with Gasteiger partial charge in [0.2, 0.25) is 5.91 Å². The van der Waals surface area contributed by atoms with E-state index in [9.17, 15) is 14.4 Å². The van der Waals surface area contributed by atoms with Crippen LogP contribution in [0.3, 0.4) is 0 Å². The van der Waals surface area contributed by atoms with Gasteiger partial charge in [-0.25, -0.2) is 9.69 Å². The van der Waals surface area contributed by atoms with Crippen molar-refractivity contribution >= 4 is 28.7 Å². The van der Waals surface area contributed by atoms with Gasteiger partial charge in [0.05, 0.1) is 5.69 Å². The van der Waals surface area contributed by atoms with E-state index in [0.717, 1.165) is 35.0 Å². The summed E-state index contributed by atoms with van der Waals surface area (Å²) < 4.78 is 0. The van der Waals surface area contributed by atoms with E-state index < -0.39 is 11.6 Å². The lowest BCUT2D eigenvalue weighted by Gasteiger charge is -2.36. The molecule has 2 aliphatic rings. The minimum absolute atomic E-state index is 0.0892. The number of aromatic nitrogens is 1. The van der Waals surface area contributed by atoms with Crippen molar-refractivity contribution < 1.29 is 14.4 Å². The van der Waals surface area contributed by atoms with Gasteiger partial charge < -0.3 is 15.2 Å². The molecule has 2 aromatic carbocycles. The largest absolute Gasteiger partial charge is 0.356 e. The van der Waals surface area contributed by atoms with Crippen molar-refractivity contribution in [1.82, 2.24) is 20.1 Å². The van der Waals surface area contributed by atoms with Gasteiger partial charge >= 0.3 is 6.03 Å². The predicted octanol–water partition coefficient (Wildman–Crippen LogP) is 4.76. The lowest BCUT2D eigenvalue weighted by Crippen LogP contribution is -2.53. The smallest absolute Gasteiger partial charge is 0.328 e. The van der Waals surface area contributed by atoms with Gasteiger partial charge in [-0.05, 0) is 62.6 Å². The Morgan fingerprint density at radius 1 is 1.05 bits per heavy atom. The van der Waals surface area contributed by atoms with Crippen LogP contribution in [0, 0.1) is 5.92 Å². The van der Waals surface area contributed by atoms with E-state index in [2.05, 4.69) is 28.5 Å². The second-order valence-electron chi connectivity index (χ2n) is 11.0. The van der Waals surface area contributed by atoms with Crippen LogP contribution in [0.1, 0.15) is 57.4 Å². The Labute approximate surface area is 218 Å². The molecule has 3 heterocycles. The van der Waals surface area contributed by atoms with Gasteiger partial charge in [0.1, 0.15) is 6.04 Å². The lowest BCUT2D eigenvalue weighted by molar-refractivity contribution is -0.140. The Morgan fingerprint density at radius 3 is 2.49 bits per heavy atom. The molecule has 37 heavy (non-hydrogen) atoms. The van der Waals surface area contributed by atoms with E-state index in [4.69, 9.17) is 0 Å². The number of carbonyl (C=O) groups is 3. The van der Waals surface area contributed by atoms with Crippen molar-refractivity contribution in [2.24, 2.45) is 5.92 Å². The van der Waals surface area contributed by atoms with Gasteiger partial charge in [-0.15, -0.1) is 0 Å².